The minimum atomic E-state index is -0.543. The third-order valence-corrected chi connectivity index (χ3v) is 3.23. The molecule has 0 atom stereocenters. The van der Waals surface area contributed by atoms with Crippen molar-refractivity contribution in [2.24, 2.45) is 0 Å². The number of esters is 1. The van der Waals surface area contributed by atoms with Crippen LogP contribution < -0.4 is 5.32 Å². The number of nitrogens with zero attached hydrogens (tertiary/aromatic N) is 1. The van der Waals surface area contributed by atoms with E-state index in [4.69, 9.17) is 4.74 Å². The molecule has 7 nitrogen and oxygen atoms in total. The minimum Gasteiger partial charge on any atom is -0.462 e. The number of nitrogens with one attached hydrogen (secondary N) is 1. The van der Waals surface area contributed by atoms with Crippen molar-refractivity contribution in [1.82, 2.24) is 0 Å². The van der Waals surface area contributed by atoms with Crippen LogP contribution in [0.3, 0.4) is 0 Å². The SMILES string of the molecule is CCOC(=O)c1ccc(NCC(=O)c2cccc([N+](=O)[O-])c2)cc1. The number of carbonyl (C=O) groups excluding carboxylic acids is 2. The maximum Gasteiger partial charge on any atom is 0.338 e. The Kier molecular flexibility index (Phi) is 5.62. The van der Waals surface area contributed by atoms with Gasteiger partial charge in [0.25, 0.3) is 5.69 Å². The molecule has 1 N–H and O–H groups in total. The first kappa shape index (κ1) is 17.1. The molecule has 0 fully saturated rings. The summed E-state index contributed by atoms with van der Waals surface area (Å²) in [5, 5.41) is 13.6. The number of anilines is 1. The van der Waals surface area contributed by atoms with Crippen LogP contribution in [0.5, 0.6) is 0 Å². The van der Waals surface area contributed by atoms with Gasteiger partial charge in [-0.2, -0.15) is 0 Å². The van der Waals surface area contributed by atoms with E-state index in [0.717, 1.165) is 0 Å². The summed E-state index contributed by atoms with van der Waals surface area (Å²) >= 11 is 0. The van der Waals surface area contributed by atoms with E-state index < -0.39 is 10.9 Å². The number of nitro benzene ring substituents is 1. The molecule has 2 rings (SSSR count). The third kappa shape index (κ3) is 4.39. The van der Waals surface area contributed by atoms with E-state index in [1.165, 1.54) is 24.3 Å². The molecular formula is C17H16N2O5. The lowest BCUT2D eigenvalue weighted by Crippen LogP contribution is -2.14. The largest absolute Gasteiger partial charge is 0.462 e. The number of non-ortho nitro benzene ring substituents is 1. The monoisotopic (exact) mass is 328 g/mol. The molecule has 0 unspecified atom stereocenters. The Bertz CT molecular complexity index is 756. The maximum atomic E-state index is 12.1. The van der Waals surface area contributed by atoms with Gasteiger partial charge >= 0.3 is 5.97 Å². The maximum absolute atomic E-state index is 12.1. The summed E-state index contributed by atoms with van der Waals surface area (Å²) in [5.41, 5.74) is 1.22. The third-order valence-electron chi connectivity index (χ3n) is 3.23. The first-order valence-corrected chi connectivity index (χ1v) is 7.30. The van der Waals surface area contributed by atoms with Gasteiger partial charge in [0.1, 0.15) is 0 Å². The number of benzene rings is 2. The van der Waals surface area contributed by atoms with Gasteiger partial charge in [-0.25, -0.2) is 4.79 Å². The standard InChI is InChI=1S/C17H16N2O5/c1-2-24-17(21)12-6-8-14(9-7-12)18-11-16(20)13-4-3-5-15(10-13)19(22)23/h3-10,18H,2,11H2,1H3. The van der Waals surface area contributed by atoms with Crippen molar-refractivity contribution in [1.29, 1.82) is 0 Å². The predicted octanol–water partition coefficient (Wildman–Crippen LogP) is 3.07. The van der Waals surface area contributed by atoms with Crippen molar-refractivity contribution in [3.63, 3.8) is 0 Å². The van der Waals surface area contributed by atoms with E-state index >= 15 is 0 Å². The summed E-state index contributed by atoms with van der Waals surface area (Å²) in [6, 6.07) is 12.1. The van der Waals surface area contributed by atoms with E-state index in [0.29, 0.717) is 17.9 Å². The van der Waals surface area contributed by atoms with Crippen LogP contribution >= 0.6 is 0 Å². The van der Waals surface area contributed by atoms with Crippen LogP contribution in [-0.2, 0) is 4.74 Å². The molecule has 7 heteroatoms. The number of hydrogen-bond acceptors (Lipinski definition) is 6. The molecule has 0 saturated carbocycles. The molecular weight excluding hydrogens is 312 g/mol. The van der Waals surface area contributed by atoms with E-state index in [2.05, 4.69) is 5.32 Å². The lowest BCUT2D eigenvalue weighted by atomic mass is 10.1. The second-order valence-corrected chi connectivity index (χ2v) is 4.88. The summed E-state index contributed by atoms with van der Waals surface area (Å²) in [6.45, 7) is 2.02. The van der Waals surface area contributed by atoms with Crippen molar-refractivity contribution >= 4 is 23.1 Å². The number of rotatable bonds is 7. The topological polar surface area (TPSA) is 98.5 Å². The van der Waals surface area contributed by atoms with Gasteiger partial charge in [0.05, 0.1) is 23.6 Å². The zero-order valence-electron chi connectivity index (χ0n) is 13.0. The smallest absolute Gasteiger partial charge is 0.338 e. The fraction of sp³-hybridized carbons (Fsp3) is 0.176. The van der Waals surface area contributed by atoms with Gasteiger partial charge in [-0.05, 0) is 31.2 Å². The number of hydrogen-bond donors (Lipinski definition) is 1. The Hall–Kier alpha value is -3.22. The summed E-state index contributed by atoms with van der Waals surface area (Å²) in [6.07, 6.45) is 0. The van der Waals surface area contributed by atoms with Gasteiger partial charge in [-0.15, -0.1) is 0 Å². The Balaban J connectivity index is 1.98. The highest BCUT2D eigenvalue weighted by molar-refractivity contribution is 5.99. The molecule has 0 aliphatic carbocycles. The molecule has 0 bridgehead atoms. The Morgan fingerprint density at radius 1 is 1.12 bits per heavy atom. The highest BCUT2D eigenvalue weighted by Gasteiger charge is 2.11. The first-order chi connectivity index (χ1) is 11.5. The summed E-state index contributed by atoms with van der Waals surface area (Å²) in [5.74, 6) is -0.676. The highest BCUT2D eigenvalue weighted by atomic mass is 16.6. The Morgan fingerprint density at radius 2 is 1.83 bits per heavy atom. The number of Topliss-reactive ketones (excluding diaryl/α,β-unsaturated/α-hetero) is 1. The minimum absolute atomic E-state index is 0.0140. The molecule has 0 aliphatic rings. The summed E-state index contributed by atoms with van der Waals surface area (Å²) in [7, 11) is 0. The quantitative estimate of drug-likeness (QED) is 0.363. The molecule has 0 aromatic heterocycles. The van der Waals surface area contributed by atoms with Crippen molar-refractivity contribution in [3.8, 4) is 0 Å². The average molecular weight is 328 g/mol. The van der Waals surface area contributed by atoms with Crippen LogP contribution in [0.4, 0.5) is 11.4 Å². The van der Waals surface area contributed by atoms with Crippen molar-refractivity contribution < 1.29 is 19.2 Å². The van der Waals surface area contributed by atoms with E-state index in [9.17, 15) is 19.7 Å². The second kappa shape index (κ2) is 7.87. The average Bonchev–Trinajstić information content (AvgIpc) is 2.60. The van der Waals surface area contributed by atoms with Gasteiger partial charge in [-0.3, -0.25) is 14.9 Å². The van der Waals surface area contributed by atoms with Crippen LogP contribution in [0.25, 0.3) is 0 Å². The Morgan fingerprint density at radius 3 is 2.46 bits per heavy atom. The molecule has 0 amide bonds. The molecule has 0 spiro atoms. The molecule has 0 aliphatic heterocycles. The molecule has 0 heterocycles. The molecule has 0 radical (unpaired) electrons. The fourth-order valence-electron chi connectivity index (χ4n) is 2.02. The normalized spacial score (nSPS) is 10.0. The fourth-order valence-corrected chi connectivity index (χ4v) is 2.02. The van der Waals surface area contributed by atoms with Crippen molar-refractivity contribution in [2.45, 2.75) is 6.92 Å². The first-order valence-electron chi connectivity index (χ1n) is 7.30. The predicted molar refractivity (Wildman–Crippen MR) is 88.3 cm³/mol. The summed E-state index contributed by atoms with van der Waals surface area (Å²) in [4.78, 5) is 33.8. The van der Waals surface area contributed by atoms with Crippen LogP contribution in [0.1, 0.15) is 27.6 Å². The lowest BCUT2D eigenvalue weighted by molar-refractivity contribution is -0.384. The van der Waals surface area contributed by atoms with Crippen LogP contribution in [0, 0.1) is 10.1 Å². The van der Waals surface area contributed by atoms with Gasteiger partial charge in [0.15, 0.2) is 5.78 Å². The number of carbonyl (C=O) groups is 2. The number of nitro groups is 1. The van der Waals surface area contributed by atoms with Crippen LogP contribution in [-0.4, -0.2) is 29.8 Å². The molecule has 2 aromatic rings. The number of ketones is 1. The summed E-state index contributed by atoms with van der Waals surface area (Å²) < 4.78 is 4.89. The zero-order chi connectivity index (χ0) is 17.5. The van der Waals surface area contributed by atoms with Crippen LogP contribution in [0.2, 0.25) is 0 Å². The highest BCUT2D eigenvalue weighted by Crippen LogP contribution is 2.15. The van der Waals surface area contributed by atoms with Crippen molar-refractivity contribution in [2.75, 3.05) is 18.5 Å². The van der Waals surface area contributed by atoms with E-state index in [1.807, 2.05) is 0 Å². The van der Waals surface area contributed by atoms with E-state index in [1.54, 1.807) is 31.2 Å². The number of ether oxygens (including phenoxy) is 1. The van der Waals surface area contributed by atoms with Gasteiger partial charge in [0.2, 0.25) is 0 Å². The molecule has 24 heavy (non-hydrogen) atoms. The van der Waals surface area contributed by atoms with Gasteiger partial charge in [-0.1, -0.05) is 12.1 Å². The Labute approximate surface area is 138 Å². The van der Waals surface area contributed by atoms with Gasteiger partial charge < -0.3 is 10.1 Å². The molecule has 124 valence electrons. The molecule has 2 aromatic carbocycles. The van der Waals surface area contributed by atoms with Crippen molar-refractivity contribution in [3.05, 3.63) is 69.8 Å². The van der Waals surface area contributed by atoms with Gasteiger partial charge in [0, 0.05) is 23.4 Å². The lowest BCUT2D eigenvalue weighted by Gasteiger charge is -2.07. The molecule has 0 saturated heterocycles. The van der Waals surface area contributed by atoms with E-state index in [-0.39, 0.29) is 23.6 Å². The second-order valence-electron chi connectivity index (χ2n) is 4.88. The zero-order valence-corrected chi connectivity index (χ0v) is 13.0. The van der Waals surface area contributed by atoms with Crippen LogP contribution in [0.15, 0.2) is 48.5 Å².